The standard InChI is InChI=1S/C21H20FN7O2/c1-13-15(12-23-29(13)21-25-19(30)17-5-3-9-28(17)26-21)20(31)27-10-7-14(8-11-27)16-4-2-6-18(22)24-16/h2-6,9,12,14H,7-8,10-11H2,1H3,(H,25,26,30). The Morgan fingerprint density at radius 3 is 2.77 bits per heavy atom. The van der Waals surface area contributed by atoms with Crippen LogP contribution in [0.3, 0.4) is 0 Å². The van der Waals surface area contributed by atoms with Crippen LogP contribution in [-0.2, 0) is 0 Å². The summed E-state index contributed by atoms with van der Waals surface area (Å²) in [6, 6.07) is 8.22. The Balaban J connectivity index is 1.35. The molecule has 0 aromatic carbocycles. The van der Waals surface area contributed by atoms with Gasteiger partial charge in [0.15, 0.2) is 0 Å². The molecule has 5 rings (SSSR count). The summed E-state index contributed by atoms with van der Waals surface area (Å²) in [5.74, 6) is -0.241. The molecule has 5 heterocycles. The Bertz CT molecular complexity index is 1330. The van der Waals surface area contributed by atoms with E-state index in [0.29, 0.717) is 42.7 Å². The van der Waals surface area contributed by atoms with Crippen molar-refractivity contribution in [3.05, 3.63) is 76.0 Å². The molecule has 4 aromatic rings. The van der Waals surface area contributed by atoms with Gasteiger partial charge in [-0.3, -0.25) is 14.6 Å². The van der Waals surface area contributed by atoms with Crippen LogP contribution in [0.2, 0.25) is 0 Å². The van der Waals surface area contributed by atoms with Crippen molar-refractivity contribution in [2.75, 3.05) is 13.1 Å². The van der Waals surface area contributed by atoms with Crippen LogP contribution in [0.1, 0.15) is 40.5 Å². The van der Waals surface area contributed by atoms with E-state index in [1.807, 2.05) is 6.07 Å². The van der Waals surface area contributed by atoms with Gasteiger partial charge in [0.05, 0.1) is 17.5 Å². The number of aromatic amines is 1. The maximum Gasteiger partial charge on any atom is 0.276 e. The number of rotatable bonds is 3. The molecule has 0 aliphatic carbocycles. The molecule has 0 saturated carbocycles. The number of likely N-dealkylation sites (tertiary alicyclic amines) is 1. The zero-order valence-electron chi connectivity index (χ0n) is 16.8. The fourth-order valence-corrected chi connectivity index (χ4v) is 4.06. The van der Waals surface area contributed by atoms with E-state index < -0.39 is 5.95 Å². The lowest BCUT2D eigenvalue weighted by atomic mass is 9.92. The van der Waals surface area contributed by atoms with Gasteiger partial charge in [0.2, 0.25) is 11.9 Å². The van der Waals surface area contributed by atoms with E-state index in [-0.39, 0.29) is 23.3 Å². The van der Waals surface area contributed by atoms with Gasteiger partial charge in [0.25, 0.3) is 11.5 Å². The highest BCUT2D eigenvalue weighted by atomic mass is 19.1. The number of carbonyl (C=O) groups excluding carboxylic acids is 1. The molecule has 0 atom stereocenters. The largest absolute Gasteiger partial charge is 0.338 e. The summed E-state index contributed by atoms with van der Waals surface area (Å²) in [7, 11) is 0. The number of nitrogens with one attached hydrogen (secondary N) is 1. The molecular formula is C21H20FN7O2. The Morgan fingerprint density at radius 2 is 2.00 bits per heavy atom. The van der Waals surface area contributed by atoms with E-state index in [0.717, 1.165) is 5.69 Å². The molecule has 1 fully saturated rings. The summed E-state index contributed by atoms with van der Waals surface area (Å²) in [6.45, 7) is 2.87. The van der Waals surface area contributed by atoms with E-state index in [2.05, 4.69) is 20.2 Å². The summed E-state index contributed by atoms with van der Waals surface area (Å²) in [4.78, 5) is 33.8. The molecule has 4 aromatic heterocycles. The zero-order valence-corrected chi connectivity index (χ0v) is 16.8. The van der Waals surface area contributed by atoms with Crippen LogP contribution in [-0.4, -0.2) is 53.3 Å². The molecule has 0 bridgehead atoms. The molecule has 0 radical (unpaired) electrons. The zero-order chi connectivity index (χ0) is 21.5. The molecule has 9 nitrogen and oxygen atoms in total. The molecule has 0 unspecified atom stereocenters. The first kappa shape index (κ1) is 19.2. The monoisotopic (exact) mass is 421 g/mol. The fraction of sp³-hybridized carbons (Fsp3) is 0.286. The molecule has 158 valence electrons. The minimum atomic E-state index is -0.483. The van der Waals surface area contributed by atoms with Gasteiger partial charge in [-0.1, -0.05) is 6.07 Å². The number of hydrogen-bond donors (Lipinski definition) is 1. The van der Waals surface area contributed by atoms with Crippen LogP contribution in [0.5, 0.6) is 0 Å². The Labute approximate surface area is 176 Å². The molecule has 0 spiro atoms. The predicted octanol–water partition coefficient (Wildman–Crippen LogP) is 2.07. The number of pyridine rings is 1. The minimum absolute atomic E-state index is 0.126. The Morgan fingerprint density at radius 1 is 1.19 bits per heavy atom. The number of halogens is 1. The Kier molecular flexibility index (Phi) is 4.61. The van der Waals surface area contributed by atoms with Gasteiger partial charge in [-0.25, -0.2) is 14.2 Å². The van der Waals surface area contributed by atoms with Crippen molar-refractivity contribution >= 4 is 11.4 Å². The molecular weight excluding hydrogens is 401 g/mol. The highest BCUT2D eigenvalue weighted by molar-refractivity contribution is 5.95. The maximum absolute atomic E-state index is 13.4. The first-order valence-corrected chi connectivity index (χ1v) is 10.1. The number of fused-ring (bicyclic) bond motifs is 1. The van der Waals surface area contributed by atoms with Crippen LogP contribution >= 0.6 is 0 Å². The summed E-state index contributed by atoms with van der Waals surface area (Å²) in [6.07, 6.45) is 4.61. The third-order valence-corrected chi connectivity index (χ3v) is 5.77. The highest BCUT2D eigenvalue weighted by Gasteiger charge is 2.28. The van der Waals surface area contributed by atoms with E-state index >= 15 is 0 Å². The maximum atomic E-state index is 13.4. The lowest BCUT2D eigenvalue weighted by Crippen LogP contribution is -2.38. The van der Waals surface area contributed by atoms with Gasteiger partial charge in [0, 0.05) is 30.9 Å². The van der Waals surface area contributed by atoms with Crippen molar-refractivity contribution < 1.29 is 9.18 Å². The SMILES string of the molecule is Cc1c(C(=O)N2CCC(c3cccc(F)n3)CC2)cnn1-c1nn2cccc2c(=O)[nH]1. The summed E-state index contributed by atoms with van der Waals surface area (Å²) in [5.41, 5.74) is 1.92. The predicted molar refractivity (Wildman–Crippen MR) is 110 cm³/mol. The second-order valence-electron chi connectivity index (χ2n) is 7.62. The second kappa shape index (κ2) is 7.46. The lowest BCUT2D eigenvalue weighted by molar-refractivity contribution is 0.0711. The van der Waals surface area contributed by atoms with Crippen molar-refractivity contribution in [2.24, 2.45) is 0 Å². The summed E-state index contributed by atoms with van der Waals surface area (Å²) >= 11 is 0. The number of hydrogen-bond acceptors (Lipinski definition) is 5. The van der Waals surface area contributed by atoms with Gasteiger partial charge in [-0.05, 0) is 44.0 Å². The van der Waals surface area contributed by atoms with Gasteiger partial charge in [0.1, 0.15) is 5.52 Å². The Hall–Kier alpha value is -3.82. The second-order valence-corrected chi connectivity index (χ2v) is 7.62. The van der Waals surface area contributed by atoms with Crippen LogP contribution in [0, 0.1) is 12.9 Å². The van der Waals surface area contributed by atoms with Crippen molar-refractivity contribution in [1.29, 1.82) is 0 Å². The smallest absolute Gasteiger partial charge is 0.276 e. The number of amides is 1. The number of aromatic nitrogens is 6. The number of carbonyl (C=O) groups is 1. The van der Waals surface area contributed by atoms with Crippen LogP contribution in [0.25, 0.3) is 11.5 Å². The molecule has 1 amide bonds. The van der Waals surface area contributed by atoms with E-state index in [1.165, 1.54) is 21.5 Å². The molecule has 31 heavy (non-hydrogen) atoms. The third kappa shape index (κ3) is 3.39. The van der Waals surface area contributed by atoms with Crippen molar-refractivity contribution in [1.82, 2.24) is 34.3 Å². The fourth-order valence-electron chi connectivity index (χ4n) is 4.06. The molecule has 1 saturated heterocycles. The van der Waals surface area contributed by atoms with Crippen molar-refractivity contribution in [2.45, 2.75) is 25.7 Å². The quantitative estimate of drug-likeness (QED) is 0.511. The first-order valence-electron chi connectivity index (χ1n) is 10.1. The van der Waals surface area contributed by atoms with Gasteiger partial charge < -0.3 is 4.90 Å². The topological polar surface area (TPSA) is 101 Å². The number of H-pyrrole nitrogens is 1. The molecule has 1 aliphatic rings. The van der Waals surface area contributed by atoms with Crippen molar-refractivity contribution in [3.63, 3.8) is 0 Å². The van der Waals surface area contributed by atoms with Crippen LogP contribution < -0.4 is 5.56 Å². The van der Waals surface area contributed by atoms with Gasteiger partial charge in [-0.2, -0.15) is 9.49 Å². The van der Waals surface area contributed by atoms with Gasteiger partial charge >= 0.3 is 0 Å². The lowest BCUT2D eigenvalue weighted by Gasteiger charge is -2.31. The number of piperidine rings is 1. The molecule has 1 N–H and O–H groups in total. The van der Waals surface area contributed by atoms with Crippen LogP contribution in [0.4, 0.5) is 4.39 Å². The van der Waals surface area contributed by atoms with E-state index in [4.69, 9.17) is 0 Å². The first-order chi connectivity index (χ1) is 15.0. The third-order valence-electron chi connectivity index (χ3n) is 5.77. The highest BCUT2D eigenvalue weighted by Crippen LogP contribution is 2.28. The normalized spacial score (nSPS) is 15.0. The average Bonchev–Trinajstić information content (AvgIpc) is 3.40. The summed E-state index contributed by atoms with van der Waals surface area (Å²) < 4.78 is 16.3. The van der Waals surface area contributed by atoms with E-state index in [1.54, 1.807) is 36.2 Å². The van der Waals surface area contributed by atoms with E-state index in [9.17, 15) is 14.0 Å². The number of nitrogens with zero attached hydrogens (tertiary/aromatic N) is 6. The van der Waals surface area contributed by atoms with Gasteiger partial charge in [-0.15, -0.1) is 5.10 Å². The molecule has 10 heteroatoms. The van der Waals surface area contributed by atoms with Crippen molar-refractivity contribution in [3.8, 4) is 5.95 Å². The molecule has 1 aliphatic heterocycles. The summed E-state index contributed by atoms with van der Waals surface area (Å²) in [5, 5.41) is 8.64. The average molecular weight is 421 g/mol. The minimum Gasteiger partial charge on any atom is -0.338 e. The van der Waals surface area contributed by atoms with Crippen LogP contribution in [0.15, 0.2) is 47.5 Å².